The maximum absolute atomic E-state index is 13.1. The van der Waals surface area contributed by atoms with Gasteiger partial charge in [0.25, 0.3) is 11.8 Å². The molecule has 4 rings (SSSR count). The molecule has 4 amide bonds. The molecular formula is C17H18N4O6. The van der Waals surface area contributed by atoms with E-state index in [0.29, 0.717) is 23.0 Å². The van der Waals surface area contributed by atoms with Crippen LogP contribution in [-0.2, 0) is 4.79 Å². The van der Waals surface area contributed by atoms with Crippen LogP contribution < -0.4 is 0 Å². The number of amides is 4. The van der Waals surface area contributed by atoms with E-state index in [9.17, 15) is 29.5 Å². The molecule has 1 aromatic carbocycles. The number of hydroxylamine groups is 2. The number of quaternary nitrogens is 1. The summed E-state index contributed by atoms with van der Waals surface area (Å²) in [5, 5.41) is 24.0. The number of carboxylic acid groups (broad SMARTS) is 1. The summed E-state index contributed by atoms with van der Waals surface area (Å²) in [5.74, 6) is -2.04. The molecule has 1 aromatic rings. The average Bonchev–Trinajstić information content (AvgIpc) is 2.79. The minimum atomic E-state index is -1.41. The lowest BCUT2D eigenvalue weighted by Gasteiger charge is -2.53. The number of carbonyl (C=O) groups excluding carboxylic acids is 3. The zero-order chi connectivity index (χ0) is 19.3. The SMILES string of the molecule is O=C1c2ccccc2C(=O)N1[C@H]1CC[N+]2([O-])CCCCN(C(=O)O)N2C1=O. The van der Waals surface area contributed by atoms with E-state index in [1.54, 1.807) is 12.1 Å². The summed E-state index contributed by atoms with van der Waals surface area (Å²) in [4.78, 5) is 51.0. The van der Waals surface area contributed by atoms with Gasteiger partial charge in [0.15, 0.2) is 0 Å². The number of carbonyl (C=O) groups is 4. The fourth-order valence-corrected chi connectivity index (χ4v) is 4.00. The second-order valence-corrected chi connectivity index (χ2v) is 6.86. The Kier molecular flexibility index (Phi) is 3.89. The first-order valence-electron chi connectivity index (χ1n) is 8.75. The molecule has 1 unspecified atom stereocenters. The van der Waals surface area contributed by atoms with Gasteiger partial charge < -0.3 is 10.3 Å². The molecule has 142 valence electrons. The lowest BCUT2D eigenvalue weighted by molar-refractivity contribution is -1.00. The Balaban J connectivity index is 1.71. The number of benzene rings is 1. The largest absolute Gasteiger partial charge is 0.605 e. The Morgan fingerprint density at radius 3 is 2.30 bits per heavy atom. The zero-order valence-corrected chi connectivity index (χ0v) is 14.4. The summed E-state index contributed by atoms with van der Waals surface area (Å²) in [6.07, 6.45) is -0.478. The summed E-state index contributed by atoms with van der Waals surface area (Å²) >= 11 is 0. The van der Waals surface area contributed by atoms with Crippen molar-refractivity contribution in [2.75, 3.05) is 19.6 Å². The van der Waals surface area contributed by atoms with E-state index in [4.69, 9.17) is 0 Å². The highest BCUT2D eigenvalue weighted by atomic mass is 16.6. The molecule has 2 saturated heterocycles. The van der Waals surface area contributed by atoms with Gasteiger partial charge in [0, 0.05) is 12.8 Å². The molecule has 0 bridgehead atoms. The average molecular weight is 374 g/mol. The molecular weight excluding hydrogens is 356 g/mol. The van der Waals surface area contributed by atoms with Crippen LogP contribution in [0.2, 0.25) is 0 Å². The highest BCUT2D eigenvalue weighted by molar-refractivity contribution is 6.22. The Bertz CT molecular complexity index is 823. The Morgan fingerprint density at radius 2 is 1.70 bits per heavy atom. The first-order chi connectivity index (χ1) is 12.8. The molecule has 2 atom stereocenters. The lowest BCUT2D eigenvalue weighted by atomic mass is 10.1. The fourth-order valence-electron chi connectivity index (χ4n) is 4.00. The topological polar surface area (TPSA) is 121 Å². The van der Waals surface area contributed by atoms with E-state index < -0.39 is 34.6 Å². The molecule has 0 aliphatic carbocycles. The third-order valence-corrected chi connectivity index (χ3v) is 5.29. The molecule has 0 saturated carbocycles. The van der Waals surface area contributed by atoms with Crippen molar-refractivity contribution in [3.63, 3.8) is 0 Å². The fraction of sp³-hybridized carbons (Fsp3) is 0.412. The highest BCUT2D eigenvalue weighted by Gasteiger charge is 2.53. The summed E-state index contributed by atoms with van der Waals surface area (Å²) in [5.41, 5.74) is 0.407. The van der Waals surface area contributed by atoms with Crippen molar-refractivity contribution < 1.29 is 29.0 Å². The second-order valence-electron chi connectivity index (χ2n) is 6.86. The number of fused-ring (bicyclic) bond motifs is 2. The van der Waals surface area contributed by atoms with Gasteiger partial charge in [-0.25, -0.2) is 9.55 Å². The summed E-state index contributed by atoms with van der Waals surface area (Å²) in [6, 6.07) is 5.06. The normalized spacial score (nSPS) is 28.1. The monoisotopic (exact) mass is 374 g/mol. The quantitative estimate of drug-likeness (QED) is 0.441. The predicted octanol–water partition coefficient (Wildman–Crippen LogP) is 0.802. The van der Waals surface area contributed by atoms with Crippen LogP contribution in [0, 0.1) is 5.21 Å². The standard InChI is InChI=1S/C17H18N4O6/c22-14-11-5-1-2-6-12(11)15(23)19(14)13-7-10-21(27)9-4-3-8-18(17(25)26)20(21)16(13)24/h1-2,5-6,13H,3-4,7-10H2,(H,25,26)/t13-,21?/m0/s1. The Morgan fingerprint density at radius 1 is 1.07 bits per heavy atom. The number of rotatable bonds is 1. The lowest BCUT2D eigenvalue weighted by Crippen LogP contribution is -2.72. The van der Waals surface area contributed by atoms with Crippen molar-refractivity contribution in [2.45, 2.75) is 25.3 Å². The summed E-state index contributed by atoms with van der Waals surface area (Å²) in [7, 11) is 0. The van der Waals surface area contributed by atoms with Crippen LogP contribution >= 0.6 is 0 Å². The van der Waals surface area contributed by atoms with Crippen molar-refractivity contribution in [1.29, 1.82) is 0 Å². The second kappa shape index (κ2) is 6.03. The first-order valence-corrected chi connectivity index (χ1v) is 8.75. The van der Waals surface area contributed by atoms with Gasteiger partial charge in [0.2, 0.25) is 0 Å². The van der Waals surface area contributed by atoms with Crippen LogP contribution in [0.1, 0.15) is 40.0 Å². The van der Waals surface area contributed by atoms with Crippen molar-refractivity contribution in [3.05, 3.63) is 40.6 Å². The van der Waals surface area contributed by atoms with Gasteiger partial charge in [-0.3, -0.25) is 19.3 Å². The van der Waals surface area contributed by atoms with Gasteiger partial charge in [-0.2, -0.15) is 5.01 Å². The van der Waals surface area contributed by atoms with Crippen molar-refractivity contribution in [3.8, 4) is 0 Å². The van der Waals surface area contributed by atoms with Gasteiger partial charge in [0.1, 0.15) is 19.1 Å². The minimum absolute atomic E-state index is 0.00222. The maximum Gasteiger partial charge on any atom is 0.430 e. The summed E-state index contributed by atoms with van der Waals surface area (Å²) < 4.78 is -1.11. The number of hydrazine groups is 1. The molecule has 10 heteroatoms. The maximum atomic E-state index is 13.1. The van der Waals surface area contributed by atoms with E-state index in [1.165, 1.54) is 12.1 Å². The zero-order valence-electron chi connectivity index (χ0n) is 14.4. The predicted molar refractivity (Wildman–Crippen MR) is 89.5 cm³/mol. The van der Waals surface area contributed by atoms with E-state index in [1.807, 2.05) is 0 Å². The van der Waals surface area contributed by atoms with Gasteiger partial charge >= 0.3 is 12.0 Å². The van der Waals surface area contributed by atoms with Crippen LogP contribution in [0.25, 0.3) is 0 Å². The molecule has 10 nitrogen and oxygen atoms in total. The number of nitrogens with zero attached hydrogens (tertiary/aromatic N) is 4. The van der Waals surface area contributed by atoms with Crippen LogP contribution in [0.15, 0.2) is 24.3 Å². The molecule has 3 aliphatic heterocycles. The van der Waals surface area contributed by atoms with E-state index in [0.717, 1.165) is 4.90 Å². The van der Waals surface area contributed by atoms with Crippen molar-refractivity contribution in [1.82, 2.24) is 15.0 Å². The Labute approximate surface area is 154 Å². The number of imide groups is 1. The molecule has 2 fully saturated rings. The van der Waals surface area contributed by atoms with Gasteiger partial charge in [-0.05, 0) is 18.6 Å². The van der Waals surface area contributed by atoms with Crippen LogP contribution in [0.5, 0.6) is 0 Å². The molecule has 0 spiro atoms. The first kappa shape index (κ1) is 17.4. The van der Waals surface area contributed by atoms with Crippen LogP contribution in [0.3, 0.4) is 0 Å². The Hall–Kier alpha value is -2.98. The van der Waals surface area contributed by atoms with Crippen molar-refractivity contribution >= 4 is 23.8 Å². The van der Waals surface area contributed by atoms with Crippen molar-refractivity contribution in [2.24, 2.45) is 0 Å². The molecule has 3 heterocycles. The third kappa shape index (κ3) is 2.48. The van der Waals surface area contributed by atoms with E-state index in [-0.39, 0.29) is 37.2 Å². The molecule has 27 heavy (non-hydrogen) atoms. The van der Waals surface area contributed by atoms with Crippen LogP contribution in [-0.4, -0.2) is 74.4 Å². The summed E-state index contributed by atoms with van der Waals surface area (Å²) in [6.45, 7) is -0.00387. The highest BCUT2D eigenvalue weighted by Crippen LogP contribution is 2.33. The van der Waals surface area contributed by atoms with Gasteiger partial charge in [-0.1, -0.05) is 17.3 Å². The number of hydrogen-bond donors (Lipinski definition) is 1. The van der Waals surface area contributed by atoms with Gasteiger partial charge in [-0.15, -0.1) is 0 Å². The molecule has 3 aliphatic rings. The number of hydrogen-bond acceptors (Lipinski definition) is 5. The molecule has 0 aromatic heterocycles. The molecule has 0 radical (unpaired) electrons. The van der Waals surface area contributed by atoms with Gasteiger partial charge in [0.05, 0.1) is 17.7 Å². The third-order valence-electron chi connectivity index (χ3n) is 5.29. The van der Waals surface area contributed by atoms with E-state index >= 15 is 0 Å². The van der Waals surface area contributed by atoms with Crippen LogP contribution in [0.4, 0.5) is 4.79 Å². The molecule has 1 N–H and O–H groups in total. The minimum Gasteiger partial charge on any atom is -0.605 e. The van der Waals surface area contributed by atoms with E-state index in [2.05, 4.69) is 0 Å². The smallest absolute Gasteiger partial charge is 0.430 e.